The van der Waals surface area contributed by atoms with Crippen LogP contribution in [0.4, 0.5) is 6.01 Å². The van der Waals surface area contributed by atoms with Gasteiger partial charge in [-0.05, 0) is 43.0 Å². The Morgan fingerprint density at radius 2 is 2.36 bits per heavy atom. The molecule has 4 heterocycles. The van der Waals surface area contributed by atoms with Crippen LogP contribution in [0.5, 0.6) is 5.88 Å². The van der Waals surface area contributed by atoms with E-state index in [1.54, 1.807) is 13.1 Å². The highest BCUT2D eigenvalue weighted by molar-refractivity contribution is 5.76. The van der Waals surface area contributed by atoms with Crippen molar-refractivity contribution in [3.8, 4) is 5.88 Å². The van der Waals surface area contributed by atoms with Crippen molar-refractivity contribution in [2.24, 2.45) is 5.92 Å². The molecule has 3 aromatic heterocycles. The number of amides is 1. The Morgan fingerprint density at radius 1 is 1.43 bits per heavy atom. The minimum atomic E-state index is 0.00433. The van der Waals surface area contributed by atoms with E-state index in [1.165, 1.54) is 0 Å². The smallest absolute Gasteiger partial charge is 0.299 e. The molecular weight excluding hydrogens is 364 g/mol. The van der Waals surface area contributed by atoms with Crippen LogP contribution in [0, 0.1) is 12.8 Å². The van der Waals surface area contributed by atoms with Crippen LogP contribution >= 0.6 is 0 Å². The second-order valence-electron chi connectivity index (χ2n) is 6.83. The Morgan fingerprint density at radius 3 is 3.18 bits per heavy atom. The summed E-state index contributed by atoms with van der Waals surface area (Å²) < 4.78 is 15.8. The van der Waals surface area contributed by atoms with Crippen LogP contribution in [0.15, 0.2) is 27.4 Å². The summed E-state index contributed by atoms with van der Waals surface area (Å²) in [6, 6.07) is 4.25. The van der Waals surface area contributed by atoms with E-state index < -0.39 is 0 Å². The minimum absolute atomic E-state index is 0.00433. The van der Waals surface area contributed by atoms with Crippen molar-refractivity contribution in [2.75, 3.05) is 31.1 Å². The maximum absolute atomic E-state index is 12.2. The van der Waals surface area contributed by atoms with Gasteiger partial charge in [0.2, 0.25) is 11.6 Å². The van der Waals surface area contributed by atoms with E-state index in [1.807, 2.05) is 12.1 Å². The molecule has 1 unspecified atom stereocenters. The topological polar surface area (TPSA) is 119 Å². The number of rotatable bonds is 7. The summed E-state index contributed by atoms with van der Waals surface area (Å²) in [6.07, 6.45) is 4.15. The van der Waals surface area contributed by atoms with Gasteiger partial charge in [-0.15, -0.1) is 0 Å². The number of fused-ring (bicyclic) bond motifs is 1. The number of nitrogens with zero attached hydrogens (tertiary/aromatic N) is 5. The van der Waals surface area contributed by atoms with Gasteiger partial charge in [-0.3, -0.25) is 4.79 Å². The first-order chi connectivity index (χ1) is 13.7. The summed E-state index contributed by atoms with van der Waals surface area (Å²) in [7, 11) is 0. The SMILES string of the molecule is Cc1nonc1OCCNC(=O)CC1CCCN(c2nc3ncccc3o2)C1. The van der Waals surface area contributed by atoms with Gasteiger partial charge in [0.05, 0.1) is 6.54 Å². The van der Waals surface area contributed by atoms with E-state index in [9.17, 15) is 4.79 Å². The Hall–Kier alpha value is -3.17. The van der Waals surface area contributed by atoms with Crippen molar-refractivity contribution in [1.29, 1.82) is 0 Å². The number of oxazole rings is 1. The average molecular weight is 386 g/mol. The molecule has 0 saturated carbocycles. The number of aromatic nitrogens is 4. The molecule has 1 N–H and O–H groups in total. The minimum Gasteiger partial charge on any atom is -0.472 e. The second kappa shape index (κ2) is 8.24. The molecule has 0 aromatic carbocycles. The van der Waals surface area contributed by atoms with Crippen molar-refractivity contribution in [3.63, 3.8) is 0 Å². The van der Waals surface area contributed by atoms with Crippen LogP contribution in [0.3, 0.4) is 0 Å². The number of nitrogens with one attached hydrogen (secondary N) is 1. The van der Waals surface area contributed by atoms with Crippen molar-refractivity contribution in [1.82, 2.24) is 25.6 Å². The van der Waals surface area contributed by atoms with Crippen molar-refractivity contribution in [2.45, 2.75) is 26.2 Å². The van der Waals surface area contributed by atoms with Crippen molar-refractivity contribution >= 4 is 23.2 Å². The zero-order valence-electron chi connectivity index (χ0n) is 15.6. The number of ether oxygens (including phenoxy) is 1. The van der Waals surface area contributed by atoms with Crippen LogP contribution < -0.4 is 15.0 Å². The summed E-state index contributed by atoms with van der Waals surface area (Å²) in [6.45, 7) is 4.06. The lowest BCUT2D eigenvalue weighted by atomic mass is 9.95. The van der Waals surface area contributed by atoms with Crippen molar-refractivity contribution in [3.05, 3.63) is 24.0 Å². The van der Waals surface area contributed by atoms with E-state index >= 15 is 0 Å². The van der Waals surface area contributed by atoms with Gasteiger partial charge < -0.3 is 19.4 Å². The third-order valence-electron chi connectivity index (χ3n) is 4.69. The number of anilines is 1. The lowest BCUT2D eigenvalue weighted by molar-refractivity contribution is -0.122. The number of hydrogen-bond donors (Lipinski definition) is 1. The molecule has 1 saturated heterocycles. The van der Waals surface area contributed by atoms with Gasteiger partial charge in [-0.25, -0.2) is 9.61 Å². The van der Waals surface area contributed by atoms with Gasteiger partial charge in [0, 0.05) is 25.7 Å². The summed E-state index contributed by atoms with van der Waals surface area (Å²) in [5, 5.41) is 10.1. The highest BCUT2D eigenvalue weighted by Gasteiger charge is 2.25. The molecule has 0 aliphatic carbocycles. The maximum atomic E-state index is 12.2. The number of aryl methyl sites for hydroxylation is 1. The molecule has 1 aliphatic heterocycles. The predicted molar refractivity (Wildman–Crippen MR) is 98.9 cm³/mol. The number of hydrogen-bond acceptors (Lipinski definition) is 9. The molecule has 28 heavy (non-hydrogen) atoms. The Balaban J connectivity index is 1.24. The zero-order chi connectivity index (χ0) is 19.3. The fourth-order valence-electron chi connectivity index (χ4n) is 3.33. The van der Waals surface area contributed by atoms with Crippen LogP contribution in [0.25, 0.3) is 11.2 Å². The Labute approximate surface area is 161 Å². The normalized spacial score (nSPS) is 17.0. The number of carbonyl (C=O) groups excluding carboxylic acids is 1. The summed E-state index contributed by atoms with van der Waals surface area (Å²) in [5.41, 5.74) is 1.87. The van der Waals surface area contributed by atoms with Crippen LogP contribution in [0.2, 0.25) is 0 Å². The average Bonchev–Trinajstić information content (AvgIpc) is 3.31. The number of carbonyl (C=O) groups is 1. The molecule has 0 spiro atoms. The molecule has 1 aliphatic rings. The summed E-state index contributed by atoms with van der Waals surface area (Å²) >= 11 is 0. The molecule has 10 nitrogen and oxygen atoms in total. The van der Waals surface area contributed by atoms with Gasteiger partial charge in [0.15, 0.2) is 5.58 Å². The van der Waals surface area contributed by atoms with E-state index in [0.717, 1.165) is 25.9 Å². The lowest BCUT2D eigenvalue weighted by Crippen LogP contribution is -2.38. The molecule has 1 fully saturated rings. The molecule has 3 aromatic rings. The number of piperidine rings is 1. The summed E-state index contributed by atoms with van der Waals surface area (Å²) in [5.74, 6) is 0.606. The van der Waals surface area contributed by atoms with E-state index in [2.05, 4.69) is 35.1 Å². The highest BCUT2D eigenvalue weighted by Crippen LogP contribution is 2.26. The molecular formula is C18H22N6O4. The first-order valence-electron chi connectivity index (χ1n) is 9.34. The van der Waals surface area contributed by atoms with Gasteiger partial charge in [-0.1, -0.05) is 5.16 Å². The molecule has 0 bridgehead atoms. The zero-order valence-corrected chi connectivity index (χ0v) is 15.6. The first kappa shape index (κ1) is 18.2. The van der Waals surface area contributed by atoms with Gasteiger partial charge in [-0.2, -0.15) is 4.98 Å². The van der Waals surface area contributed by atoms with Crippen LogP contribution in [-0.4, -0.2) is 52.4 Å². The van der Waals surface area contributed by atoms with Gasteiger partial charge in [0.1, 0.15) is 12.3 Å². The molecule has 1 amide bonds. The largest absolute Gasteiger partial charge is 0.472 e. The van der Waals surface area contributed by atoms with Gasteiger partial charge >= 0.3 is 0 Å². The Bertz CT molecular complexity index is 906. The quantitative estimate of drug-likeness (QED) is 0.605. The van der Waals surface area contributed by atoms with Crippen LogP contribution in [0.1, 0.15) is 25.0 Å². The fourth-order valence-corrected chi connectivity index (χ4v) is 3.33. The van der Waals surface area contributed by atoms with Gasteiger partial charge in [0.25, 0.3) is 11.9 Å². The Kier molecular flexibility index (Phi) is 5.36. The fraction of sp³-hybridized carbons (Fsp3) is 0.500. The highest BCUT2D eigenvalue weighted by atomic mass is 16.6. The third-order valence-corrected chi connectivity index (χ3v) is 4.69. The maximum Gasteiger partial charge on any atom is 0.299 e. The summed E-state index contributed by atoms with van der Waals surface area (Å²) in [4.78, 5) is 23.0. The molecule has 4 rings (SSSR count). The van der Waals surface area contributed by atoms with E-state index in [0.29, 0.717) is 48.4 Å². The van der Waals surface area contributed by atoms with E-state index in [-0.39, 0.29) is 11.8 Å². The molecule has 1 atom stereocenters. The molecule has 0 radical (unpaired) electrons. The first-order valence-corrected chi connectivity index (χ1v) is 9.34. The molecule has 10 heteroatoms. The van der Waals surface area contributed by atoms with E-state index in [4.69, 9.17) is 9.15 Å². The predicted octanol–water partition coefficient (Wildman–Crippen LogP) is 1.72. The monoisotopic (exact) mass is 386 g/mol. The standard InChI is InChI=1S/C18H22N6O4/c1-12-17(23-28-22-12)26-9-7-19-15(25)10-13-4-3-8-24(11-13)18-21-16-14(27-18)5-2-6-20-16/h2,5-6,13H,3-4,7-11H2,1H3,(H,19,25). The number of pyridine rings is 1. The van der Waals surface area contributed by atoms with Crippen LogP contribution in [-0.2, 0) is 4.79 Å². The molecule has 148 valence electrons. The second-order valence-corrected chi connectivity index (χ2v) is 6.83. The third kappa shape index (κ3) is 4.21. The van der Waals surface area contributed by atoms with Crippen molar-refractivity contribution < 1.29 is 18.6 Å². The lowest BCUT2D eigenvalue weighted by Gasteiger charge is -2.31.